The number of nitrogens with one attached hydrogen (secondary N) is 1. The van der Waals surface area contributed by atoms with Crippen molar-refractivity contribution in [2.45, 2.75) is 45.7 Å². The van der Waals surface area contributed by atoms with Crippen molar-refractivity contribution in [3.8, 4) is 5.75 Å². The first-order chi connectivity index (χ1) is 8.20. The Kier molecular flexibility index (Phi) is 4.46. The molecule has 0 fully saturated rings. The lowest BCUT2D eigenvalue weighted by Crippen LogP contribution is -2.25. The molecule has 1 aliphatic rings. The highest BCUT2D eigenvalue weighted by Gasteiger charge is 2.17. The second-order valence-corrected chi connectivity index (χ2v) is 5.64. The standard InChI is InChI=1S/C14H20BrNO/c1-3-4-10(2)16-9-12-8-13(15)7-11-5-6-17-14(11)12/h7-8,10,16H,3-6,9H2,1-2H3. The lowest BCUT2D eigenvalue weighted by molar-refractivity contribution is 0.351. The molecule has 1 heterocycles. The Hall–Kier alpha value is -0.540. The van der Waals surface area contributed by atoms with Crippen LogP contribution in [0, 0.1) is 0 Å². The van der Waals surface area contributed by atoms with Gasteiger partial charge in [-0.15, -0.1) is 0 Å². The van der Waals surface area contributed by atoms with Crippen molar-refractivity contribution in [1.82, 2.24) is 5.32 Å². The van der Waals surface area contributed by atoms with E-state index in [4.69, 9.17) is 4.74 Å². The van der Waals surface area contributed by atoms with Crippen molar-refractivity contribution in [3.63, 3.8) is 0 Å². The minimum absolute atomic E-state index is 0.566. The summed E-state index contributed by atoms with van der Waals surface area (Å²) >= 11 is 3.57. The van der Waals surface area contributed by atoms with Crippen LogP contribution in [0.3, 0.4) is 0 Å². The zero-order valence-corrected chi connectivity index (χ0v) is 12.1. The summed E-state index contributed by atoms with van der Waals surface area (Å²) < 4.78 is 6.87. The second kappa shape index (κ2) is 5.87. The number of fused-ring (bicyclic) bond motifs is 1. The molecule has 0 saturated heterocycles. The third kappa shape index (κ3) is 3.23. The van der Waals surface area contributed by atoms with Crippen LogP contribution < -0.4 is 10.1 Å². The molecule has 3 heteroatoms. The summed E-state index contributed by atoms with van der Waals surface area (Å²) in [5, 5.41) is 3.56. The van der Waals surface area contributed by atoms with Gasteiger partial charge in [0.15, 0.2) is 0 Å². The Morgan fingerprint density at radius 3 is 3.06 bits per heavy atom. The molecule has 2 nitrogen and oxygen atoms in total. The second-order valence-electron chi connectivity index (χ2n) is 4.72. The largest absolute Gasteiger partial charge is 0.493 e. The first-order valence-corrected chi connectivity index (χ1v) is 7.17. The smallest absolute Gasteiger partial charge is 0.127 e. The van der Waals surface area contributed by atoms with Gasteiger partial charge in [-0.05, 0) is 31.0 Å². The average Bonchev–Trinajstić information content (AvgIpc) is 2.74. The fourth-order valence-electron chi connectivity index (χ4n) is 2.30. The molecule has 0 radical (unpaired) electrons. The first-order valence-electron chi connectivity index (χ1n) is 6.38. The van der Waals surface area contributed by atoms with Crippen molar-refractivity contribution >= 4 is 15.9 Å². The molecule has 0 spiro atoms. The molecule has 0 bridgehead atoms. The van der Waals surface area contributed by atoms with Crippen LogP contribution in [0.5, 0.6) is 5.75 Å². The van der Waals surface area contributed by atoms with Gasteiger partial charge in [-0.25, -0.2) is 0 Å². The molecule has 1 unspecified atom stereocenters. The summed E-state index contributed by atoms with van der Waals surface area (Å²) in [7, 11) is 0. The van der Waals surface area contributed by atoms with Crippen LogP contribution in [0.1, 0.15) is 37.8 Å². The van der Waals surface area contributed by atoms with E-state index in [0.29, 0.717) is 6.04 Å². The van der Waals surface area contributed by atoms with E-state index in [0.717, 1.165) is 29.8 Å². The lowest BCUT2D eigenvalue weighted by atomic mass is 10.1. The molecule has 1 N–H and O–H groups in total. The molecule has 17 heavy (non-hydrogen) atoms. The van der Waals surface area contributed by atoms with Crippen molar-refractivity contribution in [3.05, 3.63) is 27.7 Å². The predicted molar refractivity (Wildman–Crippen MR) is 74.6 cm³/mol. The highest BCUT2D eigenvalue weighted by molar-refractivity contribution is 9.10. The monoisotopic (exact) mass is 297 g/mol. The van der Waals surface area contributed by atoms with E-state index in [2.05, 4.69) is 47.2 Å². The topological polar surface area (TPSA) is 21.3 Å². The van der Waals surface area contributed by atoms with Crippen LogP contribution in [0.25, 0.3) is 0 Å². The maximum atomic E-state index is 5.72. The van der Waals surface area contributed by atoms with E-state index in [1.54, 1.807) is 0 Å². The summed E-state index contributed by atoms with van der Waals surface area (Å²) in [6.45, 7) is 6.17. The SMILES string of the molecule is CCCC(C)NCc1cc(Br)cc2c1OCC2. The van der Waals surface area contributed by atoms with Gasteiger partial charge < -0.3 is 10.1 Å². The molecule has 1 aliphatic heterocycles. The van der Waals surface area contributed by atoms with Crippen LogP contribution in [-0.4, -0.2) is 12.6 Å². The summed E-state index contributed by atoms with van der Waals surface area (Å²) in [4.78, 5) is 0. The minimum Gasteiger partial charge on any atom is -0.493 e. The quantitative estimate of drug-likeness (QED) is 0.895. The van der Waals surface area contributed by atoms with Gasteiger partial charge >= 0.3 is 0 Å². The molecular formula is C14H20BrNO. The highest BCUT2D eigenvalue weighted by atomic mass is 79.9. The van der Waals surface area contributed by atoms with Crippen molar-refractivity contribution < 1.29 is 4.74 Å². The molecule has 1 aromatic carbocycles. The Morgan fingerprint density at radius 1 is 1.47 bits per heavy atom. The Balaban J connectivity index is 2.05. The molecule has 0 amide bonds. The lowest BCUT2D eigenvalue weighted by Gasteiger charge is -2.15. The molecule has 0 saturated carbocycles. The van der Waals surface area contributed by atoms with Gasteiger partial charge in [0.25, 0.3) is 0 Å². The maximum absolute atomic E-state index is 5.72. The third-order valence-electron chi connectivity index (χ3n) is 3.19. The maximum Gasteiger partial charge on any atom is 0.127 e. The molecule has 94 valence electrons. The Morgan fingerprint density at radius 2 is 2.29 bits per heavy atom. The number of halogens is 1. The number of benzene rings is 1. The van der Waals surface area contributed by atoms with Crippen molar-refractivity contribution in [2.24, 2.45) is 0 Å². The van der Waals surface area contributed by atoms with E-state index in [1.807, 2.05) is 0 Å². The van der Waals surface area contributed by atoms with E-state index in [1.165, 1.54) is 24.0 Å². The Labute approximate surface area is 112 Å². The summed E-state index contributed by atoms with van der Waals surface area (Å²) in [5.74, 6) is 1.10. The molecule has 2 rings (SSSR count). The molecule has 1 aromatic rings. The van der Waals surface area contributed by atoms with Gasteiger partial charge in [-0.3, -0.25) is 0 Å². The van der Waals surface area contributed by atoms with Gasteiger partial charge in [0.2, 0.25) is 0 Å². The van der Waals surface area contributed by atoms with Crippen LogP contribution in [0.15, 0.2) is 16.6 Å². The molecule has 0 aliphatic carbocycles. The van der Waals surface area contributed by atoms with E-state index in [-0.39, 0.29) is 0 Å². The van der Waals surface area contributed by atoms with E-state index in [9.17, 15) is 0 Å². The number of ether oxygens (including phenoxy) is 1. The van der Waals surface area contributed by atoms with Gasteiger partial charge in [-0.1, -0.05) is 29.3 Å². The summed E-state index contributed by atoms with van der Waals surface area (Å²) in [6, 6.07) is 4.90. The van der Waals surface area contributed by atoms with Crippen LogP contribution in [0.2, 0.25) is 0 Å². The number of hydrogen-bond donors (Lipinski definition) is 1. The zero-order valence-electron chi connectivity index (χ0n) is 10.6. The fourth-order valence-corrected chi connectivity index (χ4v) is 2.85. The van der Waals surface area contributed by atoms with Crippen LogP contribution >= 0.6 is 15.9 Å². The normalized spacial score (nSPS) is 15.5. The van der Waals surface area contributed by atoms with E-state index < -0.39 is 0 Å². The van der Waals surface area contributed by atoms with Gasteiger partial charge in [-0.2, -0.15) is 0 Å². The van der Waals surface area contributed by atoms with Gasteiger partial charge in [0.1, 0.15) is 5.75 Å². The first kappa shape index (κ1) is 12.9. The number of rotatable bonds is 5. The molecular weight excluding hydrogens is 278 g/mol. The molecule has 0 aromatic heterocycles. The predicted octanol–water partition coefficient (Wildman–Crippen LogP) is 3.66. The Bertz CT molecular complexity index is 392. The minimum atomic E-state index is 0.566. The molecule has 1 atom stereocenters. The fraction of sp³-hybridized carbons (Fsp3) is 0.571. The summed E-state index contributed by atoms with van der Waals surface area (Å²) in [5.41, 5.74) is 2.61. The van der Waals surface area contributed by atoms with Crippen LogP contribution in [-0.2, 0) is 13.0 Å². The highest BCUT2D eigenvalue weighted by Crippen LogP contribution is 2.32. The zero-order chi connectivity index (χ0) is 12.3. The van der Waals surface area contributed by atoms with Crippen molar-refractivity contribution in [1.29, 1.82) is 0 Å². The summed E-state index contributed by atoms with van der Waals surface area (Å²) in [6.07, 6.45) is 3.48. The van der Waals surface area contributed by atoms with E-state index >= 15 is 0 Å². The third-order valence-corrected chi connectivity index (χ3v) is 3.65. The van der Waals surface area contributed by atoms with Gasteiger partial charge in [0.05, 0.1) is 6.61 Å². The van der Waals surface area contributed by atoms with Crippen LogP contribution in [0.4, 0.5) is 0 Å². The van der Waals surface area contributed by atoms with Crippen molar-refractivity contribution in [2.75, 3.05) is 6.61 Å². The average molecular weight is 298 g/mol. The number of hydrogen-bond acceptors (Lipinski definition) is 2. The van der Waals surface area contributed by atoms with Gasteiger partial charge in [0, 0.05) is 29.0 Å².